The van der Waals surface area contributed by atoms with E-state index in [1.54, 1.807) is 14.0 Å². The predicted molar refractivity (Wildman–Crippen MR) is 131 cm³/mol. The lowest BCUT2D eigenvalue weighted by atomic mass is 10.1. The van der Waals surface area contributed by atoms with Gasteiger partial charge in [0.2, 0.25) is 0 Å². The van der Waals surface area contributed by atoms with Crippen molar-refractivity contribution in [1.29, 1.82) is 10.5 Å². The number of azo groups is 1. The Kier molecular flexibility index (Phi) is 9.64. The molecular weight excluding hydrogens is 420 g/mol. The van der Waals surface area contributed by atoms with Crippen molar-refractivity contribution in [3.05, 3.63) is 33.7 Å². The summed E-state index contributed by atoms with van der Waals surface area (Å²) < 4.78 is 5.72. The minimum absolute atomic E-state index is 0.405. The predicted octanol–water partition coefficient (Wildman–Crippen LogP) is 6.09. The van der Waals surface area contributed by atoms with Crippen molar-refractivity contribution < 1.29 is 4.74 Å². The molecule has 0 fully saturated rings. The zero-order chi connectivity index (χ0) is 23.7. The number of hydrogen-bond acceptors (Lipinski definition) is 8. The van der Waals surface area contributed by atoms with Crippen LogP contribution in [-0.4, -0.2) is 44.7 Å². The van der Waals surface area contributed by atoms with Crippen LogP contribution >= 0.6 is 11.3 Å². The van der Waals surface area contributed by atoms with Crippen molar-refractivity contribution in [3.8, 4) is 17.9 Å². The summed E-state index contributed by atoms with van der Waals surface area (Å²) in [5.74, 6) is 0.748. The van der Waals surface area contributed by atoms with Gasteiger partial charge in [-0.2, -0.15) is 10.5 Å². The highest BCUT2D eigenvalue weighted by Gasteiger charge is 2.17. The van der Waals surface area contributed by atoms with E-state index in [4.69, 9.17) is 4.74 Å². The van der Waals surface area contributed by atoms with Crippen molar-refractivity contribution in [2.75, 3.05) is 44.7 Å². The van der Waals surface area contributed by atoms with Crippen LogP contribution in [0, 0.1) is 36.5 Å². The maximum Gasteiger partial charge on any atom is 0.158 e. The molecule has 0 bridgehead atoms. The average Bonchev–Trinajstić information content (AvgIpc) is 3.12. The van der Waals surface area contributed by atoms with Gasteiger partial charge >= 0.3 is 0 Å². The second kappa shape index (κ2) is 12.2. The van der Waals surface area contributed by atoms with E-state index in [0.29, 0.717) is 26.7 Å². The number of nitrogens with zero attached hydrogens (tertiary/aromatic N) is 6. The Morgan fingerprint density at radius 3 is 2.28 bits per heavy atom. The molecule has 0 saturated heterocycles. The number of thiophene rings is 1. The first-order chi connectivity index (χ1) is 15.4. The van der Waals surface area contributed by atoms with Gasteiger partial charge in [-0.15, -0.1) is 21.6 Å². The van der Waals surface area contributed by atoms with Crippen molar-refractivity contribution in [2.24, 2.45) is 10.2 Å². The molecule has 2 aromatic rings. The van der Waals surface area contributed by atoms with Gasteiger partial charge in [-0.05, 0) is 50.6 Å². The topological polar surface area (TPSA) is 88.0 Å². The lowest BCUT2D eigenvalue weighted by Gasteiger charge is -2.29. The van der Waals surface area contributed by atoms with E-state index >= 15 is 0 Å². The summed E-state index contributed by atoms with van der Waals surface area (Å²) in [7, 11) is 1.67. The van der Waals surface area contributed by atoms with E-state index in [9.17, 15) is 10.5 Å². The molecule has 0 aliphatic heterocycles. The first kappa shape index (κ1) is 25.3. The van der Waals surface area contributed by atoms with Gasteiger partial charge in [-0.3, -0.25) is 0 Å². The first-order valence-corrected chi connectivity index (χ1v) is 11.8. The molecule has 0 N–H and O–H groups in total. The number of aryl methyl sites for hydroxylation is 1. The fraction of sp³-hybridized carbons (Fsp3) is 0.500. The number of rotatable bonds is 11. The van der Waals surface area contributed by atoms with Crippen LogP contribution in [0.2, 0.25) is 0 Å². The lowest BCUT2D eigenvalue weighted by Crippen LogP contribution is -2.35. The Labute approximate surface area is 195 Å². The summed E-state index contributed by atoms with van der Waals surface area (Å²) in [6.07, 6.45) is 1.04. The highest BCUT2D eigenvalue weighted by molar-refractivity contribution is 7.16. The van der Waals surface area contributed by atoms with Gasteiger partial charge in [-0.25, -0.2) is 0 Å². The van der Waals surface area contributed by atoms with Crippen LogP contribution in [-0.2, 0) is 0 Å². The van der Waals surface area contributed by atoms with Gasteiger partial charge in [0.1, 0.15) is 22.8 Å². The van der Waals surface area contributed by atoms with E-state index < -0.39 is 0 Å². The van der Waals surface area contributed by atoms with Gasteiger partial charge in [0, 0.05) is 25.7 Å². The SMILES string of the molecule is CCCN(CCN(CC)CC)c1cc(C)c(N=Nc2sc(C#N)c(C)c2C#N)cc1OC. The molecule has 0 atom stereocenters. The third-order valence-corrected chi connectivity index (χ3v) is 6.58. The molecule has 0 unspecified atom stereocenters. The minimum atomic E-state index is 0.405. The standard InChI is InChI=1S/C24H32N6OS/c1-7-10-30(12-11-29(8-2)9-3)21-13-17(4)20(14-22(21)31-6)27-28-24-19(15-25)18(5)23(16-26)32-24/h13-14H,7-12H2,1-6H3. The maximum absolute atomic E-state index is 9.43. The molecule has 32 heavy (non-hydrogen) atoms. The summed E-state index contributed by atoms with van der Waals surface area (Å²) in [4.78, 5) is 5.26. The molecule has 1 aromatic carbocycles. The van der Waals surface area contributed by atoms with Crippen LogP contribution in [0.25, 0.3) is 0 Å². The molecule has 8 heteroatoms. The largest absolute Gasteiger partial charge is 0.495 e. The molecule has 0 amide bonds. The van der Waals surface area contributed by atoms with Crippen LogP contribution in [0.1, 0.15) is 48.8 Å². The Hall–Kier alpha value is -2.94. The van der Waals surface area contributed by atoms with Crippen LogP contribution < -0.4 is 9.64 Å². The molecular formula is C24H32N6OS. The van der Waals surface area contributed by atoms with Crippen LogP contribution in [0.5, 0.6) is 5.75 Å². The van der Waals surface area contributed by atoms with Crippen molar-refractivity contribution >= 4 is 27.7 Å². The van der Waals surface area contributed by atoms with Gasteiger partial charge in [0.05, 0.1) is 24.0 Å². The molecule has 1 aromatic heterocycles. The summed E-state index contributed by atoms with van der Waals surface area (Å²) in [5, 5.41) is 27.8. The molecule has 2 rings (SSSR count). The van der Waals surface area contributed by atoms with E-state index in [-0.39, 0.29) is 0 Å². The van der Waals surface area contributed by atoms with Crippen LogP contribution in [0.3, 0.4) is 0 Å². The minimum Gasteiger partial charge on any atom is -0.495 e. The quantitative estimate of drug-likeness (QED) is 0.385. The van der Waals surface area contributed by atoms with Gasteiger partial charge in [-0.1, -0.05) is 20.8 Å². The number of anilines is 1. The highest BCUT2D eigenvalue weighted by atomic mass is 32.1. The van der Waals surface area contributed by atoms with Gasteiger partial charge in [0.15, 0.2) is 5.00 Å². The van der Waals surface area contributed by atoms with Crippen molar-refractivity contribution in [2.45, 2.75) is 41.0 Å². The molecule has 0 spiro atoms. The second-order valence-electron chi connectivity index (χ2n) is 7.48. The Balaban J connectivity index is 2.38. The summed E-state index contributed by atoms with van der Waals surface area (Å²) in [6.45, 7) is 15.2. The monoisotopic (exact) mass is 452 g/mol. The fourth-order valence-electron chi connectivity index (χ4n) is 3.51. The van der Waals surface area contributed by atoms with Crippen LogP contribution in [0.4, 0.5) is 16.4 Å². The summed E-state index contributed by atoms with van der Waals surface area (Å²) >= 11 is 1.19. The third-order valence-electron chi connectivity index (χ3n) is 5.50. The smallest absolute Gasteiger partial charge is 0.158 e. The molecule has 1 heterocycles. The Morgan fingerprint density at radius 2 is 1.72 bits per heavy atom. The average molecular weight is 453 g/mol. The Bertz CT molecular complexity index is 1030. The molecule has 170 valence electrons. The number of hydrogen-bond donors (Lipinski definition) is 0. The zero-order valence-electron chi connectivity index (χ0n) is 19.9. The lowest BCUT2D eigenvalue weighted by molar-refractivity contribution is 0.309. The van der Waals surface area contributed by atoms with E-state index in [2.05, 4.69) is 59.0 Å². The van der Waals surface area contributed by atoms with E-state index in [1.807, 2.05) is 13.0 Å². The summed E-state index contributed by atoms with van der Waals surface area (Å²) in [6, 6.07) is 8.24. The van der Waals surface area contributed by atoms with Gasteiger partial charge in [0.25, 0.3) is 0 Å². The Morgan fingerprint density at radius 1 is 1.00 bits per heavy atom. The maximum atomic E-state index is 9.43. The number of nitriles is 2. The van der Waals surface area contributed by atoms with E-state index in [1.165, 1.54) is 11.3 Å². The highest BCUT2D eigenvalue weighted by Crippen LogP contribution is 2.38. The second-order valence-corrected chi connectivity index (χ2v) is 8.48. The molecule has 0 aliphatic rings. The third kappa shape index (κ3) is 5.85. The van der Waals surface area contributed by atoms with E-state index in [0.717, 1.165) is 56.1 Å². The van der Waals surface area contributed by atoms with Gasteiger partial charge < -0.3 is 14.5 Å². The number of benzene rings is 1. The molecule has 0 saturated carbocycles. The molecule has 0 radical (unpaired) electrons. The normalized spacial score (nSPS) is 11.0. The number of likely N-dealkylation sites (N-methyl/N-ethyl adjacent to an activating group) is 1. The summed E-state index contributed by atoms with van der Waals surface area (Å²) in [5.41, 5.74) is 3.76. The van der Waals surface area contributed by atoms with Crippen LogP contribution in [0.15, 0.2) is 22.4 Å². The number of methoxy groups -OCH3 is 1. The number of ether oxygens (including phenoxy) is 1. The first-order valence-electron chi connectivity index (χ1n) is 10.9. The van der Waals surface area contributed by atoms with Crippen molar-refractivity contribution in [3.63, 3.8) is 0 Å². The fourth-order valence-corrected chi connectivity index (χ4v) is 4.39. The zero-order valence-corrected chi connectivity index (χ0v) is 20.7. The van der Waals surface area contributed by atoms with Crippen molar-refractivity contribution in [1.82, 2.24) is 4.90 Å². The molecule has 7 nitrogen and oxygen atoms in total. The molecule has 0 aliphatic carbocycles.